The highest BCUT2D eigenvalue weighted by Crippen LogP contribution is 2.51. The van der Waals surface area contributed by atoms with E-state index in [0.717, 1.165) is 12.8 Å². The monoisotopic (exact) mass is 664 g/mol. The van der Waals surface area contributed by atoms with Crippen LogP contribution >= 0.6 is 11.3 Å². The second-order valence-corrected chi connectivity index (χ2v) is 15.9. The molecule has 1 unspecified atom stereocenters. The number of thiophene rings is 1. The zero-order chi connectivity index (χ0) is 34.5. The van der Waals surface area contributed by atoms with Gasteiger partial charge in [0, 0.05) is 31.0 Å². The van der Waals surface area contributed by atoms with E-state index in [9.17, 15) is 0 Å². The van der Waals surface area contributed by atoms with E-state index in [-0.39, 0.29) is 10.8 Å². The van der Waals surface area contributed by atoms with Crippen molar-refractivity contribution in [3.05, 3.63) is 185 Å². The lowest BCUT2D eigenvalue weighted by atomic mass is 9.57. The molecular formula is C49H44S. The van der Waals surface area contributed by atoms with Crippen LogP contribution in [0, 0.1) is 6.92 Å². The lowest BCUT2D eigenvalue weighted by Gasteiger charge is -2.46. The van der Waals surface area contributed by atoms with Crippen molar-refractivity contribution in [2.24, 2.45) is 0 Å². The van der Waals surface area contributed by atoms with Crippen molar-refractivity contribution in [3.63, 3.8) is 0 Å². The second-order valence-electron chi connectivity index (χ2n) is 14.9. The summed E-state index contributed by atoms with van der Waals surface area (Å²) in [5.74, 6) is 0. The lowest BCUT2D eigenvalue weighted by Crippen LogP contribution is -2.44. The maximum atomic E-state index is 2.51. The Bertz CT molecular complexity index is 2420. The van der Waals surface area contributed by atoms with Crippen LogP contribution in [0.2, 0.25) is 0 Å². The lowest BCUT2D eigenvalue weighted by molar-refractivity contribution is 0.275. The number of hydrogen-bond donors (Lipinski definition) is 0. The molecule has 0 fully saturated rings. The molecule has 1 aliphatic rings. The number of fused-ring (bicyclic) bond motifs is 3. The van der Waals surface area contributed by atoms with Gasteiger partial charge in [0.2, 0.25) is 0 Å². The summed E-state index contributed by atoms with van der Waals surface area (Å²) >= 11 is 1.94. The molecule has 0 spiro atoms. The third-order valence-corrected chi connectivity index (χ3v) is 12.8. The van der Waals surface area contributed by atoms with Crippen LogP contribution in [0.4, 0.5) is 0 Å². The molecule has 1 aliphatic carbocycles. The molecule has 0 saturated heterocycles. The van der Waals surface area contributed by atoms with Gasteiger partial charge >= 0.3 is 0 Å². The molecule has 0 nitrogen and oxygen atoms in total. The van der Waals surface area contributed by atoms with Crippen LogP contribution in [0.15, 0.2) is 157 Å². The van der Waals surface area contributed by atoms with Gasteiger partial charge in [-0.05, 0) is 88.4 Å². The van der Waals surface area contributed by atoms with Crippen LogP contribution < -0.4 is 0 Å². The molecule has 50 heavy (non-hydrogen) atoms. The SMILES string of the molecule is CC1=C(c2cc(CC(C)(c3cccc(-c4ccc(-c5ccccc5)cc4)c3)C(C)(C)c3cccc4c3sc3ccccc34)ccc2C)C=CC1. The van der Waals surface area contributed by atoms with E-state index in [2.05, 4.69) is 186 Å². The third kappa shape index (κ3) is 5.55. The van der Waals surface area contributed by atoms with Crippen molar-refractivity contribution in [3.8, 4) is 22.3 Å². The Hall–Kier alpha value is -4.98. The molecule has 0 N–H and O–H groups in total. The van der Waals surface area contributed by atoms with Gasteiger partial charge in [-0.2, -0.15) is 0 Å². The molecule has 0 saturated carbocycles. The molecule has 1 heterocycles. The molecule has 0 aliphatic heterocycles. The molecule has 246 valence electrons. The summed E-state index contributed by atoms with van der Waals surface area (Å²) in [4.78, 5) is 0. The number of benzene rings is 6. The van der Waals surface area contributed by atoms with Gasteiger partial charge in [-0.25, -0.2) is 0 Å². The summed E-state index contributed by atoms with van der Waals surface area (Å²) in [6.07, 6.45) is 6.58. The average Bonchev–Trinajstić information content (AvgIpc) is 3.76. The van der Waals surface area contributed by atoms with Gasteiger partial charge < -0.3 is 0 Å². The summed E-state index contributed by atoms with van der Waals surface area (Å²) in [7, 11) is 0. The van der Waals surface area contributed by atoms with Crippen molar-refractivity contribution in [2.75, 3.05) is 0 Å². The topological polar surface area (TPSA) is 0 Å². The average molecular weight is 665 g/mol. The number of aryl methyl sites for hydroxylation is 1. The van der Waals surface area contributed by atoms with E-state index in [0.29, 0.717) is 0 Å². The Morgan fingerprint density at radius 2 is 1.26 bits per heavy atom. The van der Waals surface area contributed by atoms with E-state index >= 15 is 0 Å². The minimum atomic E-state index is -0.237. The maximum Gasteiger partial charge on any atom is 0.0393 e. The largest absolute Gasteiger partial charge is 0.135 e. The summed E-state index contributed by atoms with van der Waals surface area (Å²) in [5.41, 5.74) is 14.2. The van der Waals surface area contributed by atoms with Crippen molar-refractivity contribution in [1.29, 1.82) is 0 Å². The maximum absolute atomic E-state index is 2.51. The predicted octanol–water partition coefficient (Wildman–Crippen LogP) is 13.9. The Morgan fingerprint density at radius 1 is 0.600 bits per heavy atom. The van der Waals surface area contributed by atoms with E-state index < -0.39 is 0 Å². The number of allylic oxidation sites excluding steroid dienone is 4. The highest BCUT2D eigenvalue weighted by Gasteiger charge is 2.45. The first-order valence-corrected chi connectivity index (χ1v) is 18.7. The molecule has 0 amide bonds. The first-order valence-electron chi connectivity index (χ1n) is 17.9. The van der Waals surface area contributed by atoms with E-state index in [1.807, 2.05) is 11.3 Å². The Labute approximate surface area is 301 Å². The summed E-state index contributed by atoms with van der Waals surface area (Å²) in [6.45, 7) is 12.0. The standard InChI is InChI=1S/C49H44S/c1-33-14-11-20-41(33)44-30-35(25-24-34(44)2)32-49(5,48(3,4)45-22-13-21-43-42-19-9-10-23-46(42)50-47(43)45)40-18-12-17-39(31-40)38-28-26-37(27-29-38)36-15-7-6-8-16-36/h6-13,15-31H,14,32H2,1-5H3. The molecule has 1 atom stereocenters. The highest BCUT2D eigenvalue weighted by atomic mass is 32.1. The van der Waals surface area contributed by atoms with Crippen LogP contribution in [0.5, 0.6) is 0 Å². The molecule has 8 rings (SSSR count). The fourth-order valence-corrected chi connectivity index (χ4v) is 9.53. The molecule has 1 heteroatoms. The Kier molecular flexibility index (Phi) is 8.20. The summed E-state index contributed by atoms with van der Waals surface area (Å²) < 4.78 is 2.75. The van der Waals surface area contributed by atoms with Crippen LogP contribution in [0.1, 0.15) is 61.9 Å². The Balaban J connectivity index is 1.27. The molecule has 0 radical (unpaired) electrons. The van der Waals surface area contributed by atoms with Crippen molar-refractivity contribution < 1.29 is 0 Å². The Morgan fingerprint density at radius 3 is 2.02 bits per heavy atom. The van der Waals surface area contributed by atoms with Gasteiger partial charge in [-0.15, -0.1) is 11.3 Å². The zero-order valence-electron chi connectivity index (χ0n) is 29.8. The molecule has 6 aromatic carbocycles. The van der Waals surface area contributed by atoms with Gasteiger partial charge in [-0.1, -0.05) is 172 Å². The number of rotatable bonds is 8. The van der Waals surface area contributed by atoms with Crippen molar-refractivity contribution in [2.45, 2.75) is 58.3 Å². The van der Waals surface area contributed by atoms with Crippen LogP contribution in [0.25, 0.3) is 48.0 Å². The second kappa shape index (κ2) is 12.7. The fourth-order valence-electron chi connectivity index (χ4n) is 8.15. The van der Waals surface area contributed by atoms with Gasteiger partial charge in [0.05, 0.1) is 0 Å². The molecule has 1 aromatic heterocycles. The number of hydrogen-bond acceptors (Lipinski definition) is 1. The van der Waals surface area contributed by atoms with Crippen molar-refractivity contribution >= 4 is 37.1 Å². The predicted molar refractivity (Wildman–Crippen MR) is 218 cm³/mol. The minimum Gasteiger partial charge on any atom is -0.135 e. The first kappa shape index (κ1) is 32.2. The molecule has 0 bridgehead atoms. The van der Waals surface area contributed by atoms with Gasteiger partial charge in [0.1, 0.15) is 0 Å². The summed E-state index contributed by atoms with van der Waals surface area (Å²) in [5, 5.41) is 2.71. The van der Waals surface area contributed by atoms with Crippen LogP contribution in [0.3, 0.4) is 0 Å². The van der Waals surface area contributed by atoms with Gasteiger partial charge in [-0.3, -0.25) is 0 Å². The third-order valence-electron chi connectivity index (χ3n) is 11.6. The highest BCUT2D eigenvalue weighted by molar-refractivity contribution is 7.26. The normalized spacial score (nSPS) is 14.5. The quantitative estimate of drug-likeness (QED) is 0.152. The summed E-state index contributed by atoms with van der Waals surface area (Å²) in [6, 6.07) is 52.1. The van der Waals surface area contributed by atoms with E-state index in [4.69, 9.17) is 0 Å². The zero-order valence-corrected chi connectivity index (χ0v) is 30.6. The van der Waals surface area contributed by atoms with E-state index in [1.54, 1.807) is 0 Å². The minimum absolute atomic E-state index is 0.212. The van der Waals surface area contributed by atoms with Crippen molar-refractivity contribution in [1.82, 2.24) is 0 Å². The van der Waals surface area contributed by atoms with E-state index in [1.165, 1.54) is 81.4 Å². The van der Waals surface area contributed by atoms with Gasteiger partial charge in [0.15, 0.2) is 0 Å². The van der Waals surface area contributed by atoms with Crippen LogP contribution in [-0.2, 0) is 17.3 Å². The van der Waals surface area contributed by atoms with Gasteiger partial charge in [0.25, 0.3) is 0 Å². The molecular weight excluding hydrogens is 621 g/mol. The first-order chi connectivity index (χ1) is 24.2. The smallest absolute Gasteiger partial charge is 0.0393 e. The molecule has 7 aromatic rings. The van der Waals surface area contributed by atoms with Crippen LogP contribution in [-0.4, -0.2) is 0 Å². The fraction of sp³-hybridized carbons (Fsp3) is 0.184.